The molecule has 4 rings (SSSR count). The molecule has 8 heteroatoms. The summed E-state index contributed by atoms with van der Waals surface area (Å²) in [5.41, 5.74) is 2.47. The summed E-state index contributed by atoms with van der Waals surface area (Å²) in [7, 11) is 0. The van der Waals surface area contributed by atoms with E-state index in [1.807, 2.05) is 42.5 Å². The van der Waals surface area contributed by atoms with Crippen LogP contribution in [-0.2, 0) is 30.5 Å². The first-order valence-electron chi connectivity index (χ1n) is 11.9. The maximum Gasteiger partial charge on any atom is 0.325 e. The van der Waals surface area contributed by atoms with E-state index < -0.39 is 23.8 Å². The fourth-order valence-corrected chi connectivity index (χ4v) is 4.84. The SMILES string of the molecule is CCOC(=O)CN(C(=O)C1CCCCC1C(=O)OCc1ccccc1)C1CNc2cccnc21. The maximum atomic E-state index is 13.9. The number of rotatable bonds is 8. The van der Waals surface area contributed by atoms with Gasteiger partial charge in [0.15, 0.2) is 0 Å². The standard InChI is InChI=1S/C26H31N3O5/c1-2-33-23(30)16-29(22-15-28-21-13-8-14-27-24(21)22)25(31)19-11-6-7-12-20(19)26(32)34-17-18-9-4-3-5-10-18/h3-5,8-10,13-14,19-20,22,28H,2,6-7,11-12,15-17H2,1H3. The van der Waals surface area contributed by atoms with Gasteiger partial charge >= 0.3 is 11.9 Å². The Morgan fingerprint density at radius 3 is 2.56 bits per heavy atom. The maximum absolute atomic E-state index is 13.9. The van der Waals surface area contributed by atoms with Crippen LogP contribution >= 0.6 is 0 Å². The van der Waals surface area contributed by atoms with Gasteiger partial charge in [-0.3, -0.25) is 19.4 Å². The number of amides is 1. The van der Waals surface area contributed by atoms with Gasteiger partial charge in [0.05, 0.1) is 35.9 Å². The smallest absolute Gasteiger partial charge is 0.325 e. The molecule has 1 aliphatic carbocycles. The summed E-state index contributed by atoms with van der Waals surface area (Å²) in [4.78, 5) is 45.4. The molecule has 3 unspecified atom stereocenters. The molecule has 0 saturated heterocycles. The average molecular weight is 466 g/mol. The third kappa shape index (κ3) is 5.38. The van der Waals surface area contributed by atoms with Crippen LogP contribution in [0.2, 0.25) is 0 Å². The summed E-state index contributed by atoms with van der Waals surface area (Å²) in [6.45, 7) is 2.41. The number of hydrogen-bond acceptors (Lipinski definition) is 7. The molecule has 2 aromatic rings. The molecule has 1 fully saturated rings. The zero-order valence-electron chi connectivity index (χ0n) is 19.4. The fraction of sp³-hybridized carbons (Fsp3) is 0.462. The van der Waals surface area contributed by atoms with Crippen LogP contribution in [0.15, 0.2) is 48.7 Å². The zero-order chi connectivity index (χ0) is 23.9. The number of pyridine rings is 1. The van der Waals surface area contributed by atoms with Crippen molar-refractivity contribution in [2.24, 2.45) is 11.8 Å². The normalized spacial score (nSPS) is 21.1. The van der Waals surface area contributed by atoms with Crippen molar-refractivity contribution in [1.29, 1.82) is 0 Å². The summed E-state index contributed by atoms with van der Waals surface area (Å²) >= 11 is 0. The molecule has 8 nitrogen and oxygen atoms in total. The van der Waals surface area contributed by atoms with Gasteiger partial charge in [-0.1, -0.05) is 43.2 Å². The third-order valence-corrected chi connectivity index (χ3v) is 6.51. The number of nitrogens with zero attached hydrogens (tertiary/aromatic N) is 2. The van der Waals surface area contributed by atoms with Crippen molar-refractivity contribution in [2.75, 3.05) is 25.0 Å². The lowest BCUT2D eigenvalue weighted by molar-refractivity contribution is -0.160. The monoisotopic (exact) mass is 465 g/mol. The minimum absolute atomic E-state index is 0.174. The van der Waals surface area contributed by atoms with Gasteiger partial charge in [-0.25, -0.2) is 0 Å². The summed E-state index contributed by atoms with van der Waals surface area (Å²) in [5, 5.41) is 3.27. The lowest BCUT2D eigenvalue weighted by Crippen LogP contribution is -2.47. The molecular formula is C26H31N3O5. The molecular weight excluding hydrogens is 434 g/mol. The molecule has 1 N–H and O–H groups in total. The van der Waals surface area contributed by atoms with E-state index in [1.54, 1.807) is 13.1 Å². The van der Waals surface area contributed by atoms with Crippen LogP contribution in [0.3, 0.4) is 0 Å². The van der Waals surface area contributed by atoms with Gasteiger partial charge in [0.25, 0.3) is 0 Å². The van der Waals surface area contributed by atoms with E-state index in [2.05, 4.69) is 10.3 Å². The van der Waals surface area contributed by atoms with Crippen molar-refractivity contribution in [3.05, 3.63) is 59.9 Å². The van der Waals surface area contributed by atoms with Crippen molar-refractivity contribution in [2.45, 2.75) is 45.3 Å². The number of aromatic nitrogens is 1. The second-order valence-corrected chi connectivity index (χ2v) is 8.69. The Morgan fingerprint density at radius 1 is 1.03 bits per heavy atom. The lowest BCUT2D eigenvalue weighted by Gasteiger charge is -2.35. The van der Waals surface area contributed by atoms with Crippen LogP contribution < -0.4 is 5.32 Å². The van der Waals surface area contributed by atoms with Crippen LogP contribution in [0.1, 0.15) is 49.9 Å². The van der Waals surface area contributed by atoms with Crippen molar-refractivity contribution >= 4 is 23.5 Å². The van der Waals surface area contributed by atoms with Crippen molar-refractivity contribution in [3.8, 4) is 0 Å². The molecule has 34 heavy (non-hydrogen) atoms. The molecule has 0 radical (unpaired) electrons. The quantitative estimate of drug-likeness (QED) is 0.596. The van der Waals surface area contributed by atoms with Gasteiger partial charge < -0.3 is 19.7 Å². The summed E-state index contributed by atoms with van der Waals surface area (Å²) < 4.78 is 10.8. The predicted molar refractivity (Wildman–Crippen MR) is 125 cm³/mol. The van der Waals surface area contributed by atoms with Crippen molar-refractivity contribution in [3.63, 3.8) is 0 Å². The van der Waals surface area contributed by atoms with E-state index in [4.69, 9.17) is 9.47 Å². The number of nitrogens with one attached hydrogen (secondary N) is 1. The Labute approximate surface area is 199 Å². The summed E-state index contributed by atoms with van der Waals surface area (Å²) in [5.74, 6) is -2.13. The van der Waals surface area contributed by atoms with Gasteiger partial charge in [-0.05, 0) is 37.5 Å². The molecule has 1 aromatic heterocycles. The molecule has 0 bridgehead atoms. The number of hydrogen-bond donors (Lipinski definition) is 1. The Balaban J connectivity index is 1.53. The molecule has 180 valence electrons. The van der Waals surface area contributed by atoms with E-state index in [0.717, 1.165) is 29.8 Å². The Morgan fingerprint density at radius 2 is 1.79 bits per heavy atom. The molecule has 1 aromatic carbocycles. The number of carbonyl (C=O) groups excluding carboxylic acids is 3. The van der Waals surface area contributed by atoms with Gasteiger partial charge in [0, 0.05) is 12.7 Å². The highest BCUT2D eigenvalue weighted by molar-refractivity contribution is 5.88. The molecule has 1 saturated carbocycles. The highest BCUT2D eigenvalue weighted by Crippen LogP contribution is 2.37. The highest BCUT2D eigenvalue weighted by Gasteiger charge is 2.43. The minimum Gasteiger partial charge on any atom is -0.465 e. The number of fused-ring (bicyclic) bond motifs is 1. The van der Waals surface area contributed by atoms with Crippen molar-refractivity contribution in [1.82, 2.24) is 9.88 Å². The van der Waals surface area contributed by atoms with Crippen LogP contribution in [0, 0.1) is 11.8 Å². The Hall–Kier alpha value is -3.42. The van der Waals surface area contributed by atoms with Crippen LogP contribution in [0.5, 0.6) is 0 Å². The van der Waals surface area contributed by atoms with Gasteiger partial charge in [0.2, 0.25) is 5.91 Å². The largest absolute Gasteiger partial charge is 0.465 e. The summed E-state index contributed by atoms with van der Waals surface area (Å²) in [6, 6.07) is 12.8. The summed E-state index contributed by atoms with van der Waals surface area (Å²) in [6.07, 6.45) is 4.57. The lowest BCUT2D eigenvalue weighted by atomic mass is 9.78. The highest BCUT2D eigenvalue weighted by atomic mass is 16.5. The van der Waals surface area contributed by atoms with Crippen LogP contribution in [0.25, 0.3) is 0 Å². The number of benzene rings is 1. The van der Waals surface area contributed by atoms with Crippen molar-refractivity contribution < 1.29 is 23.9 Å². The third-order valence-electron chi connectivity index (χ3n) is 6.51. The number of ether oxygens (including phenoxy) is 2. The first kappa shape index (κ1) is 23.7. The molecule has 2 aliphatic rings. The number of esters is 2. The Kier molecular flexibility index (Phi) is 7.77. The van der Waals surface area contributed by atoms with E-state index >= 15 is 0 Å². The minimum atomic E-state index is -0.542. The predicted octanol–water partition coefficient (Wildman–Crippen LogP) is 3.49. The van der Waals surface area contributed by atoms with E-state index in [0.29, 0.717) is 19.4 Å². The average Bonchev–Trinajstić information content (AvgIpc) is 3.30. The van der Waals surface area contributed by atoms with Gasteiger partial charge in [0.1, 0.15) is 13.2 Å². The van der Waals surface area contributed by atoms with Gasteiger partial charge in [-0.2, -0.15) is 0 Å². The second kappa shape index (κ2) is 11.1. The molecule has 1 amide bonds. The van der Waals surface area contributed by atoms with Gasteiger partial charge in [-0.15, -0.1) is 0 Å². The topological polar surface area (TPSA) is 97.8 Å². The molecule has 1 aliphatic heterocycles. The first-order valence-corrected chi connectivity index (χ1v) is 11.9. The fourth-order valence-electron chi connectivity index (χ4n) is 4.84. The Bertz CT molecular complexity index is 1010. The zero-order valence-corrected chi connectivity index (χ0v) is 19.4. The first-order chi connectivity index (χ1) is 16.6. The van der Waals surface area contributed by atoms with E-state index in [9.17, 15) is 14.4 Å². The number of anilines is 1. The second-order valence-electron chi connectivity index (χ2n) is 8.69. The van der Waals surface area contributed by atoms with E-state index in [-0.39, 0.29) is 31.6 Å². The molecule has 0 spiro atoms. The van der Waals surface area contributed by atoms with E-state index in [1.165, 1.54) is 4.90 Å². The molecule has 3 atom stereocenters. The number of carbonyl (C=O) groups is 3. The van der Waals surface area contributed by atoms with Crippen LogP contribution in [-0.4, -0.2) is 47.4 Å². The van der Waals surface area contributed by atoms with Crippen LogP contribution in [0.4, 0.5) is 5.69 Å². The molecule has 2 heterocycles.